The molecule has 0 bridgehead atoms. The van der Waals surface area contributed by atoms with Gasteiger partial charge in [-0.25, -0.2) is 0 Å². The van der Waals surface area contributed by atoms with E-state index in [0.717, 1.165) is 25.8 Å². The van der Waals surface area contributed by atoms with E-state index in [1.54, 1.807) is 0 Å². The molecule has 0 unspecified atom stereocenters. The van der Waals surface area contributed by atoms with Gasteiger partial charge in [-0.15, -0.1) is 0 Å². The van der Waals surface area contributed by atoms with Crippen LogP contribution in [0.5, 0.6) is 0 Å². The maximum Gasteiger partial charge on any atom is 0.310 e. The topological polar surface area (TPSA) is 40.5 Å². The number of likely N-dealkylation sites (tertiary alicyclic amines) is 1. The number of nitrogens with zero attached hydrogens (tertiary/aromatic N) is 1. The zero-order valence-corrected chi connectivity index (χ0v) is 9.17. The number of carbonyl (C=O) groups is 1. The molecule has 3 aliphatic rings. The summed E-state index contributed by atoms with van der Waals surface area (Å²) in [6.07, 6.45) is 7.04. The van der Waals surface area contributed by atoms with Crippen molar-refractivity contribution in [2.24, 2.45) is 10.8 Å². The van der Waals surface area contributed by atoms with Crippen LogP contribution in [0.1, 0.15) is 38.5 Å². The van der Waals surface area contributed by atoms with Crippen molar-refractivity contribution in [2.45, 2.75) is 38.5 Å². The Morgan fingerprint density at radius 2 is 1.73 bits per heavy atom. The highest BCUT2D eigenvalue weighted by atomic mass is 16.4. The quantitative estimate of drug-likeness (QED) is 0.769. The summed E-state index contributed by atoms with van der Waals surface area (Å²) in [7, 11) is 0. The van der Waals surface area contributed by atoms with E-state index in [-0.39, 0.29) is 5.41 Å². The van der Waals surface area contributed by atoms with Crippen molar-refractivity contribution < 1.29 is 9.90 Å². The molecule has 0 radical (unpaired) electrons. The third kappa shape index (κ3) is 1.32. The van der Waals surface area contributed by atoms with Crippen molar-refractivity contribution in [1.82, 2.24) is 4.90 Å². The smallest absolute Gasteiger partial charge is 0.310 e. The van der Waals surface area contributed by atoms with Gasteiger partial charge in [0.15, 0.2) is 0 Å². The number of carboxylic acid groups (broad SMARTS) is 1. The van der Waals surface area contributed by atoms with Crippen LogP contribution in [0.4, 0.5) is 0 Å². The van der Waals surface area contributed by atoms with Gasteiger partial charge in [-0.05, 0) is 31.1 Å². The molecule has 0 aromatic carbocycles. The van der Waals surface area contributed by atoms with Crippen LogP contribution in [0.3, 0.4) is 0 Å². The molecule has 3 rings (SSSR count). The maximum absolute atomic E-state index is 11.2. The zero-order valence-electron chi connectivity index (χ0n) is 9.17. The van der Waals surface area contributed by atoms with Crippen molar-refractivity contribution in [2.75, 3.05) is 19.6 Å². The molecule has 3 heteroatoms. The molecule has 84 valence electrons. The van der Waals surface area contributed by atoms with Crippen LogP contribution in [0.15, 0.2) is 0 Å². The molecule has 0 atom stereocenters. The summed E-state index contributed by atoms with van der Waals surface area (Å²) in [6.45, 7) is 3.15. The van der Waals surface area contributed by atoms with E-state index in [9.17, 15) is 9.90 Å². The Bertz CT molecular complexity index is 284. The lowest BCUT2D eigenvalue weighted by Gasteiger charge is -2.58. The van der Waals surface area contributed by atoms with Crippen LogP contribution >= 0.6 is 0 Å². The highest BCUT2D eigenvalue weighted by Gasteiger charge is 2.52. The molecule has 1 aliphatic heterocycles. The first-order valence-electron chi connectivity index (χ1n) is 6.10. The molecule has 3 fully saturated rings. The van der Waals surface area contributed by atoms with E-state index < -0.39 is 5.97 Å². The molecule has 1 spiro atoms. The second kappa shape index (κ2) is 2.97. The van der Waals surface area contributed by atoms with Gasteiger partial charge in [0.1, 0.15) is 0 Å². The lowest BCUT2D eigenvalue weighted by atomic mass is 9.61. The summed E-state index contributed by atoms with van der Waals surface area (Å²) in [6, 6.07) is 0. The Morgan fingerprint density at radius 1 is 1.13 bits per heavy atom. The van der Waals surface area contributed by atoms with Crippen molar-refractivity contribution in [3.8, 4) is 0 Å². The van der Waals surface area contributed by atoms with Crippen molar-refractivity contribution in [1.29, 1.82) is 0 Å². The second-order valence-electron chi connectivity index (χ2n) is 5.94. The van der Waals surface area contributed by atoms with Crippen molar-refractivity contribution in [3.05, 3.63) is 0 Å². The zero-order chi connectivity index (χ0) is 10.5. The van der Waals surface area contributed by atoms with Gasteiger partial charge in [-0.3, -0.25) is 4.79 Å². The lowest BCUT2D eigenvalue weighted by Crippen LogP contribution is -2.63. The van der Waals surface area contributed by atoms with Gasteiger partial charge in [0, 0.05) is 19.6 Å². The normalized spacial score (nSPS) is 31.5. The van der Waals surface area contributed by atoms with Gasteiger partial charge in [-0.2, -0.15) is 0 Å². The first-order valence-corrected chi connectivity index (χ1v) is 6.10. The number of hydrogen-bond donors (Lipinski definition) is 1. The standard InChI is InChI=1S/C12H19NO2/c14-10(15)12(5-2-6-12)9-13-7-11(8-13)3-1-4-11/h1-9H2,(H,14,15). The largest absolute Gasteiger partial charge is 0.481 e. The Labute approximate surface area is 90.5 Å². The molecule has 3 nitrogen and oxygen atoms in total. The molecule has 1 N–H and O–H groups in total. The third-order valence-electron chi connectivity index (χ3n) is 4.82. The average molecular weight is 209 g/mol. The molecule has 1 heterocycles. The molecule has 15 heavy (non-hydrogen) atoms. The van der Waals surface area contributed by atoms with Crippen LogP contribution < -0.4 is 0 Å². The molecular weight excluding hydrogens is 190 g/mol. The summed E-state index contributed by atoms with van der Waals surface area (Å²) in [5.74, 6) is -0.566. The fourth-order valence-electron chi connectivity index (χ4n) is 3.48. The molecule has 2 saturated carbocycles. The number of rotatable bonds is 3. The molecular formula is C12H19NO2. The van der Waals surface area contributed by atoms with Gasteiger partial charge in [0.2, 0.25) is 0 Å². The van der Waals surface area contributed by atoms with Crippen LogP contribution in [0.25, 0.3) is 0 Å². The lowest BCUT2D eigenvalue weighted by molar-refractivity contribution is -0.162. The minimum atomic E-state index is -0.566. The van der Waals surface area contributed by atoms with Gasteiger partial charge in [-0.1, -0.05) is 12.8 Å². The van der Waals surface area contributed by atoms with Gasteiger partial charge in [0.05, 0.1) is 5.41 Å². The molecule has 1 saturated heterocycles. The van der Waals surface area contributed by atoms with E-state index in [0.29, 0.717) is 5.41 Å². The van der Waals surface area contributed by atoms with Crippen molar-refractivity contribution >= 4 is 5.97 Å². The summed E-state index contributed by atoms with van der Waals surface area (Å²) >= 11 is 0. The van der Waals surface area contributed by atoms with E-state index in [1.807, 2.05) is 0 Å². The molecule has 2 aliphatic carbocycles. The minimum absolute atomic E-state index is 0.370. The van der Waals surface area contributed by atoms with Crippen LogP contribution in [0, 0.1) is 10.8 Å². The Hall–Kier alpha value is -0.570. The Balaban J connectivity index is 1.55. The number of carboxylic acids is 1. The fourth-order valence-corrected chi connectivity index (χ4v) is 3.48. The van der Waals surface area contributed by atoms with E-state index in [1.165, 1.54) is 32.4 Å². The Morgan fingerprint density at radius 3 is 2.07 bits per heavy atom. The summed E-state index contributed by atoms with van der Waals surface area (Å²) in [4.78, 5) is 13.6. The predicted molar refractivity (Wildman–Crippen MR) is 56.6 cm³/mol. The average Bonchev–Trinajstić information content (AvgIpc) is 1.94. The number of aliphatic carboxylic acids is 1. The summed E-state index contributed by atoms with van der Waals surface area (Å²) in [5.41, 5.74) is 0.259. The predicted octanol–water partition coefficient (Wildman–Crippen LogP) is 1.73. The summed E-state index contributed by atoms with van der Waals surface area (Å²) in [5, 5.41) is 9.23. The molecule has 0 aromatic rings. The number of hydrogen-bond acceptors (Lipinski definition) is 2. The van der Waals surface area contributed by atoms with E-state index in [2.05, 4.69) is 4.90 Å². The Kier molecular flexibility index (Phi) is 1.91. The summed E-state index contributed by atoms with van der Waals surface area (Å²) < 4.78 is 0. The van der Waals surface area contributed by atoms with Crippen LogP contribution in [-0.4, -0.2) is 35.6 Å². The second-order valence-corrected chi connectivity index (χ2v) is 5.94. The van der Waals surface area contributed by atoms with E-state index >= 15 is 0 Å². The first kappa shape index (κ1) is 9.64. The monoisotopic (exact) mass is 209 g/mol. The van der Waals surface area contributed by atoms with Gasteiger partial charge in [0.25, 0.3) is 0 Å². The highest BCUT2D eigenvalue weighted by Crippen LogP contribution is 2.50. The highest BCUT2D eigenvalue weighted by molar-refractivity contribution is 5.76. The van der Waals surface area contributed by atoms with Crippen LogP contribution in [-0.2, 0) is 4.79 Å². The molecule has 0 amide bonds. The van der Waals surface area contributed by atoms with Gasteiger partial charge < -0.3 is 10.0 Å². The van der Waals surface area contributed by atoms with Crippen LogP contribution in [0.2, 0.25) is 0 Å². The molecule has 0 aromatic heterocycles. The van der Waals surface area contributed by atoms with Gasteiger partial charge >= 0.3 is 5.97 Å². The van der Waals surface area contributed by atoms with Crippen molar-refractivity contribution in [3.63, 3.8) is 0 Å². The SMILES string of the molecule is O=C(O)C1(CN2CC3(CCC3)C2)CCC1. The third-order valence-corrected chi connectivity index (χ3v) is 4.82. The maximum atomic E-state index is 11.2. The fraction of sp³-hybridized carbons (Fsp3) is 0.917. The van der Waals surface area contributed by atoms with E-state index in [4.69, 9.17) is 0 Å². The first-order chi connectivity index (χ1) is 7.14. The minimum Gasteiger partial charge on any atom is -0.481 e.